The molecule has 1 saturated heterocycles. The second-order valence-electron chi connectivity index (χ2n) is 4.79. The molecule has 1 heterocycles. The number of carbonyl (C=O) groups excluding carboxylic acids is 2. The van der Waals surface area contributed by atoms with Gasteiger partial charge in [0.15, 0.2) is 11.6 Å². The Hall–Kier alpha value is -0.730. The second-order valence-corrected chi connectivity index (χ2v) is 7.34. The third kappa shape index (κ3) is 9.32. The van der Waals surface area contributed by atoms with Crippen LogP contribution in [0.4, 0.5) is 0 Å². The number of azide groups is 1. The van der Waals surface area contributed by atoms with E-state index in [2.05, 4.69) is 10.0 Å². The Bertz CT molecular complexity index is 397. The Balaban J connectivity index is 1.90. The van der Waals surface area contributed by atoms with Gasteiger partial charge in [0, 0.05) is 41.9 Å². The van der Waals surface area contributed by atoms with E-state index in [1.54, 1.807) is 21.6 Å². The van der Waals surface area contributed by atoms with Crippen LogP contribution in [-0.4, -0.2) is 56.0 Å². The van der Waals surface area contributed by atoms with Crippen LogP contribution in [0.2, 0.25) is 0 Å². The Morgan fingerprint density at radius 1 is 1.14 bits per heavy atom. The third-order valence-corrected chi connectivity index (χ3v) is 5.54. The minimum Gasteiger partial charge on any atom is -0.381 e. The number of hydrogen-bond acceptors (Lipinski definition) is 7. The van der Waals surface area contributed by atoms with Gasteiger partial charge in [-0.25, -0.2) is 0 Å². The molecule has 0 amide bonds. The molecule has 1 aliphatic rings. The fourth-order valence-corrected chi connectivity index (χ4v) is 4.57. The topological polar surface area (TPSA) is 101 Å². The molecule has 1 fully saturated rings. The van der Waals surface area contributed by atoms with Crippen LogP contribution < -0.4 is 0 Å². The van der Waals surface area contributed by atoms with Crippen molar-refractivity contribution in [3.8, 4) is 0 Å². The quantitative estimate of drug-likeness (QED) is 0.167. The van der Waals surface area contributed by atoms with Gasteiger partial charge in [-0.15, -0.1) is 0 Å². The van der Waals surface area contributed by atoms with Crippen LogP contribution in [-0.2, 0) is 19.1 Å². The first kappa shape index (κ1) is 19.3. The van der Waals surface area contributed by atoms with Crippen molar-refractivity contribution < 1.29 is 19.1 Å². The maximum atomic E-state index is 11.7. The number of Topliss-reactive ketones (excluding diaryl/α,β-unsaturated/α-hetero) is 2. The summed E-state index contributed by atoms with van der Waals surface area (Å²) in [7, 11) is 3.42. The van der Waals surface area contributed by atoms with Crippen molar-refractivity contribution in [3.63, 3.8) is 0 Å². The van der Waals surface area contributed by atoms with Gasteiger partial charge in [0.25, 0.3) is 0 Å². The lowest BCUT2D eigenvalue weighted by Gasteiger charge is -2.07. The predicted molar refractivity (Wildman–Crippen MR) is 87.9 cm³/mol. The Kier molecular flexibility index (Phi) is 11.2. The zero-order chi connectivity index (χ0) is 16.0. The number of rotatable bonds is 13. The van der Waals surface area contributed by atoms with Gasteiger partial charge in [0.1, 0.15) is 13.2 Å². The molecule has 0 aliphatic carbocycles. The van der Waals surface area contributed by atoms with Gasteiger partial charge in [-0.05, 0) is 18.4 Å². The van der Waals surface area contributed by atoms with Gasteiger partial charge in [-0.3, -0.25) is 9.59 Å². The lowest BCUT2D eigenvalue weighted by Crippen LogP contribution is -2.23. The van der Waals surface area contributed by atoms with Crippen molar-refractivity contribution >= 4 is 33.2 Å². The minimum atomic E-state index is 0.0104. The lowest BCUT2D eigenvalue weighted by atomic mass is 10.1. The average Bonchev–Trinajstić information content (AvgIpc) is 3.04. The molecule has 7 nitrogen and oxygen atoms in total. The Labute approximate surface area is 137 Å². The van der Waals surface area contributed by atoms with Crippen LogP contribution in [0.25, 0.3) is 10.4 Å². The smallest absolute Gasteiger partial charge is 0.163 e. The monoisotopic (exact) mass is 347 g/mol. The highest BCUT2D eigenvalue weighted by Gasteiger charge is 2.23. The standard InChI is InChI=1S/C13H21N3O4S2/c14-16-15-4-6-19-5-2-1-3-12(17)7-20-8-13(18)11-9-21-22-10-11/h11H,1-10H2. The lowest BCUT2D eigenvalue weighted by molar-refractivity contribution is -0.130. The molecule has 0 bridgehead atoms. The van der Waals surface area contributed by atoms with Crippen molar-refractivity contribution in [3.05, 3.63) is 10.4 Å². The first-order valence-corrected chi connectivity index (χ1v) is 9.68. The summed E-state index contributed by atoms with van der Waals surface area (Å²) in [5.74, 6) is 1.88. The molecule has 124 valence electrons. The van der Waals surface area contributed by atoms with Crippen LogP contribution >= 0.6 is 21.6 Å². The van der Waals surface area contributed by atoms with Gasteiger partial charge >= 0.3 is 0 Å². The number of unbranched alkanes of at least 4 members (excludes halogenated alkanes) is 1. The summed E-state index contributed by atoms with van der Waals surface area (Å²) in [5, 5.41) is 3.35. The largest absolute Gasteiger partial charge is 0.381 e. The number of ether oxygens (including phenoxy) is 2. The molecule has 9 heteroatoms. The molecule has 0 spiro atoms. The van der Waals surface area contributed by atoms with E-state index < -0.39 is 0 Å². The van der Waals surface area contributed by atoms with Crippen LogP contribution in [0.5, 0.6) is 0 Å². The highest BCUT2D eigenvalue weighted by molar-refractivity contribution is 8.77. The van der Waals surface area contributed by atoms with E-state index in [1.807, 2.05) is 0 Å². The fraction of sp³-hybridized carbons (Fsp3) is 0.846. The van der Waals surface area contributed by atoms with Gasteiger partial charge in [-0.2, -0.15) is 0 Å². The molecule has 0 aromatic rings. The highest BCUT2D eigenvalue weighted by Crippen LogP contribution is 2.34. The molecular formula is C13H21N3O4S2. The number of nitrogens with zero attached hydrogens (tertiary/aromatic N) is 3. The normalized spacial score (nSPS) is 14.7. The van der Waals surface area contributed by atoms with Crippen molar-refractivity contribution in [2.75, 3.05) is 44.5 Å². The molecule has 0 radical (unpaired) electrons. The van der Waals surface area contributed by atoms with E-state index in [0.717, 1.165) is 24.3 Å². The van der Waals surface area contributed by atoms with Gasteiger partial charge in [0.05, 0.1) is 6.61 Å². The van der Waals surface area contributed by atoms with Crippen LogP contribution in [0.1, 0.15) is 19.3 Å². The summed E-state index contributed by atoms with van der Waals surface area (Å²) in [4.78, 5) is 25.9. The molecule has 0 saturated carbocycles. The van der Waals surface area contributed by atoms with Gasteiger partial charge < -0.3 is 9.47 Å². The highest BCUT2D eigenvalue weighted by atomic mass is 33.1. The fourth-order valence-electron chi connectivity index (χ4n) is 1.73. The second kappa shape index (κ2) is 12.8. The molecule has 1 rings (SSSR count). The zero-order valence-corrected chi connectivity index (χ0v) is 14.1. The number of hydrogen-bond donors (Lipinski definition) is 0. The van der Waals surface area contributed by atoms with Crippen molar-refractivity contribution in [1.29, 1.82) is 0 Å². The molecule has 0 unspecified atom stereocenters. The third-order valence-electron chi connectivity index (χ3n) is 2.98. The zero-order valence-electron chi connectivity index (χ0n) is 12.4. The van der Waals surface area contributed by atoms with E-state index >= 15 is 0 Å². The maximum Gasteiger partial charge on any atom is 0.163 e. The molecule has 0 aromatic heterocycles. The SMILES string of the molecule is [N-]=[N+]=NCCOCCCCC(=O)COCC(=O)C1CSSC1. The summed E-state index contributed by atoms with van der Waals surface area (Å²) in [6.07, 6.45) is 1.94. The summed E-state index contributed by atoms with van der Waals surface area (Å²) in [6, 6.07) is 0. The number of ketones is 2. The molecule has 0 aromatic carbocycles. The van der Waals surface area contributed by atoms with E-state index in [4.69, 9.17) is 15.0 Å². The van der Waals surface area contributed by atoms with Gasteiger partial charge in [-0.1, -0.05) is 26.7 Å². The van der Waals surface area contributed by atoms with Crippen molar-refractivity contribution in [2.45, 2.75) is 19.3 Å². The minimum absolute atomic E-state index is 0.0104. The summed E-state index contributed by atoms with van der Waals surface area (Å²) >= 11 is 0. The number of carbonyl (C=O) groups is 2. The van der Waals surface area contributed by atoms with E-state index in [9.17, 15) is 9.59 Å². The van der Waals surface area contributed by atoms with E-state index in [1.165, 1.54) is 0 Å². The summed E-state index contributed by atoms with van der Waals surface area (Å²) < 4.78 is 10.4. The Morgan fingerprint density at radius 2 is 1.91 bits per heavy atom. The molecule has 0 atom stereocenters. The Morgan fingerprint density at radius 3 is 2.64 bits per heavy atom. The predicted octanol–water partition coefficient (Wildman–Crippen LogP) is 2.65. The molecule has 0 N–H and O–H groups in total. The average molecular weight is 347 g/mol. The van der Waals surface area contributed by atoms with Gasteiger partial charge in [0.2, 0.25) is 0 Å². The van der Waals surface area contributed by atoms with Crippen LogP contribution in [0.15, 0.2) is 5.11 Å². The summed E-state index contributed by atoms with van der Waals surface area (Å²) in [5.41, 5.74) is 8.07. The first-order chi connectivity index (χ1) is 10.7. The van der Waals surface area contributed by atoms with Crippen molar-refractivity contribution in [2.24, 2.45) is 11.0 Å². The van der Waals surface area contributed by atoms with E-state index in [0.29, 0.717) is 26.2 Å². The molecule has 1 aliphatic heterocycles. The summed E-state index contributed by atoms with van der Waals surface area (Å²) in [6.45, 7) is 1.33. The van der Waals surface area contributed by atoms with Crippen molar-refractivity contribution in [1.82, 2.24) is 0 Å². The van der Waals surface area contributed by atoms with E-state index in [-0.39, 0.29) is 30.7 Å². The maximum absolute atomic E-state index is 11.7. The molecule has 22 heavy (non-hydrogen) atoms. The first-order valence-electron chi connectivity index (χ1n) is 7.19. The van der Waals surface area contributed by atoms with Crippen LogP contribution in [0.3, 0.4) is 0 Å². The molecular weight excluding hydrogens is 326 g/mol. The van der Waals surface area contributed by atoms with Crippen LogP contribution in [0, 0.1) is 5.92 Å².